The van der Waals surface area contributed by atoms with Crippen molar-refractivity contribution in [1.29, 1.82) is 0 Å². The molecule has 0 bridgehead atoms. The Kier molecular flexibility index (Phi) is 1.71. The van der Waals surface area contributed by atoms with E-state index >= 15 is 0 Å². The van der Waals surface area contributed by atoms with Crippen LogP contribution in [0.25, 0.3) is 0 Å². The fourth-order valence-corrected chi connectivity index (χ4v) is 1.35. The average molecular weight is 194 g/mol. The molecule has 0 saturated heterocycles. The highest BCUT2D eigenvalue weighted by Crippen LogP contribution is 2.33. The minimum absolute atomic E-state index is 0.140. The van der Waals surface area contributed by atoms with Crippen molar-refractivity contribution in [2.24, 2.45) is 0 Å². The first kappa shape index (κ1) is 8.64. The number of benzene rings is 1. The number of nitrogens with zero attached hydrogens (tertiary/aromatic N) is 1. The Labute approximate surface area is 78.3 Å². The second-order valence-corrected chi connectivity index (χ2v) is 2.92. The van der Waals surface area contributed by atoms with Gasteiger partial charge >= 0.3 is 0 Å². The lowest BCUT2D eigenvalue weighted by atomic mass is 10.1. The first-order valence-corrected chi connectivity index (χ1v) is 3.87. The van der Waals surface area contributed by atoms with Crippen LogP contribution in [0.4, 0.5) is 11.4 Å². The number of carbonyl (C=O) groups is 1. The number of amides is 1. The van der Waals surface area contributed by atoms with Crippen molar-refractivity contribution in [3.8, 4) is 0 Å². The number of non-ortho nitro benzene ring substituents is 1. The van der Waals surface area contributed by atoms with Crippen LogP contribution in [0, 0.1) is 10.1 Å². The molecule has 0 spiro atoms. The first-order chi connectivity index (χ1) is 6.59. The van der Waals surface area contributed by atoms with Crippen LogP contribution < -0.4 is 5.32 Å². The Bertz CT molecular complexity index is 429. The summed E-state index contributed by atoms with van der Waals surface area (Å²) < 4.78 is 0. The van der Waals surface area contributed by atoms with Crippen molar-refractivity contribution in [3.63, 3.8) is 0 Å². The van der Waals surface area contributed by atoms with Crippen molar-refractivity contribution in [1.82, 2.24) is 0 Å². The number of nitro groups is 1. The third-order valence-electron chi connectivity index (χ3n) is 2.05. The smallest absolute Gasteiger partial charge is 0.269 e. The van der Waals surface area contributed by atoms with Crippen molar-refractivity contribution in [2.75, 3.05) is 5.32 Å². The summed E-state index contributed by atoms with van der Waals surface area (Å²) in [6.45, 7) is 0. The first-order valence-electron chi connectivity index (χ1n) is 3.87. The second kappa shape index (κ2) is 2.78. The molecule has 0 radical (unpaired) electrons. The lowest BCUT2D eigenvalue weighted by Gasteiger charge is -1.99. The number of rotatable bonds is 1. The van der Waals surface area contributed by atoms with E-state index in [0.29, 0.717) is 5.69 Å². The summed E-state index contributed by atoms with van der Waals surface area (Å²) in [5.41, 5.74) is 0.539. The number of hydrogen-bond acceptors (Lipinski definition) is 4. The summed E-state index contributed by atoms with van der Waals surface area (Å²) in [6, 6.07) is 3.87. The standard InChI is InChI=1S/C8H6N2O4/c11-7-5-3-4(10(13)14)1-2-6(5)9-8(7)12/h1-3,7,11H,(H,9,12). The molecular weight excluding hydrogens is 188 g/mol. The number of carbonyl (C=O) groups excluding carboxylic acids is 1. The molecule has 72 valence electrons. The molecule has 1 atom stereocenters. The summed E-state index contributed by atoms with van der Waals surface area (Å²) in [5.74, 6) is -0.555. The summed E-state index contributed by atoms with van der Waals surface area (Å²) >= 11 is 0. The third-order valence-corrected chi connectivity index (χ3v) is 2.05. The van der Waals surface area contributed by atoms with E-state index in [9.17, 15) is 20.0 Å². The Balaban J connectivity index is 2.51. The van der Waals surface area contributed by atoms with Crippen LogP contribution in [0.2, 0.25) is 0 Å². The third kappa shape index (κ3) is 1.12. The van der Waals surface area contributed by atoms with Crippen LogP contribution in [0.3, 0.4) is 0 Å². The van der Waals surface area contributed by atoms with Gasteiger partial charge in [-0.3, -0.25) is 14.9 Å². The number of aliphatic hydroxyl groups excluding tert-OH is 1. The SMILES string of the molecule is O=C1Nc2ccc([N+](=O)[O-])cc2C1O. The molecule has 6 nitrogen and oxygen atoms in total. The Morgan fingerprint density at radius 3 is 2.86 bits per heavy atom. The lowest BCUT2D eigenvalue weighted by molar-refractivity contribution is -0.384. The molecule has 1 amide bonds. The zero-order chi connectivity index (χ0) is 10.3. The van der Waals surface area contributed by atoms with Gasteiger partial charge in [-0.15, -0.1) is 0 Å². The van der Waals surface area contributed by atoms with E-state index in [0.717, 1.165) is 0 Å². The summed E-state index contributed by atoms with van der Waals surface area (Å²) in [5, 5.41) is 22.1. The van der Waals surface area contributed by atoms with Gasteiger partial charge in [0.05, 0.1) is 4.92 Å². The minimum atomic E-state index is -1.30. The molecule has 0 aliphatic carbocycles. The fraction of sp³-hybridized carbons (Fsp3) is 0.125. The van der Waals surface area contributed by atoms with E-state index in [1.54, 1.807) is 0 Å². The van der Waals surface area contributed by atoms with E-state index in [-0.39, 0.29) is 11.3 Å². The van der Waals surface area contributed by atoms with E-state index < -0.39 is 16.9 Å². The van der Waals surface area contributed by atoms with Crippen LogP contribution >= 0.6 is 0 Å². The van der Waals surface area contributed by atoms with Gasteiger partial charge in [-0.2, -0.15) is 0 Å². The fourth-order valence-electron chi connectivity index (χ4n) is 1.35. The summed E-state index contributed by atoms with van der Waals surface area (Å²) in [7, 11) is 0. The average Bonchev–Trinajstić information content (AvgIpc) is 2.43. The second-order valence-electron chi connectivity index (χ2n) is 2.92. The molecular formula is C8H6N2O4. The van der Waals surface area contributed by atoms with Gasteiger partial charge in [0.15, 0.2) is 6.10 Å². The highest BCUT2D eigenvalue weighted by molar-refractivity contribution is 6.01. The Morgan fingerprint density at radius 1 is 1.50 bits per heavy atom. The molecule has 1 aliphatic rings. The molecule has 1 unspecified atom stereocenters. The maximum Gasteiger partial charge on any atom is 0.269 e. The molecule has 1 aliphatic heterocycles. The van der Waals surface area contributed by atoms with Gasteiger partial charge in [0, 0.05) is 23.4 Å². The van der Waals surface area contributed by atoms with Gasteiger partial charge in [0.1, 0.15) is 0 Å². The van der Waals surface area contributed by atoms with Crippen LogP contribution in [-0.2, 0) is 4.79 Å². The maximum absolute atomic E-state index is 11.0. The molecule has 2 N–H and O–H groups in total. The number of nitro benzene ring substituents is 1. The monoisotopic (exact) mass is 194 g/mol. The lowest BCUT2D eigenvalue weighted by Crippen LogP contribution is -2.10. The van der Waals surface area contributed by atoms with E-state index in [4.69, 9.17) is 0 Å². The van der Waals surface area contributed by atoms with E-state index in [1.807, 2.05) is 0 Å². The van der Waals surface area contributed by atoms with Gasteiger partial charge in [0.2, 0.25) is 0 Å². The quantitative estimate of drug-likeness (QED) is 0.505. The van der Waals surface area contributed by atoms with Crippen molar-refractivity contribution < 1.29 is 14.8 Å². The van der Waals surface area contributed by atoms with Crippen LogP contribution in [0.15, 0.2) is 18.2 Å². The van der Waals surface area contributed by atoms with Crippen molar-refractivity contribution >= 4 is 17.3 Å². The molecule has 14 heavy (non-hydrogen) atoms. The maximum atomic E-state index is 11.0. The van der Waals surface area contributed by atoms with Gasteiger partial charge in [0.25, 0.3) is 11.6 Å². The number of anilines is 1. The highest BCUT2D eigenvalue weighted by atomic mass is 16.6. The normalized spacial score (nSPS) is 18.9. The largest absolute Gasteiger partial charge is 0.378 e. The van der Waals surface area contributed by atoms with E-state index in [1.165, 1.54) is 18.2 Å². The number of hydrogen-bond donors (Lipinski definition) is 2. The van der Waals surface area contributed by atoms with E-state index in [2.05, 4.69) is 5.32 Å². The molecule has 1 aromatic carbocycles. The van der Waals surface area contributed by atoms with Gasteiger partial charge in [-0.25, -0.2) is 0 Å². The van der Waals surface area contributed by atoms with Crippen LogP contribution in [0.1, 0.15) is 11.7 Å². The Hall–Kier alpha value is -1.95. The summed E-state index contributed by atoms with van der Waals surface area (Å²) in [4.78, 5) is 20.8. The minimum Gasteiger partial charge on any atom is -0.378 e. The predicted molar refractivity (Wildman–Crippen MR) is 46.7 cm³/mol. The Morgan fingerprint density at radius 2 is 2.21 bits per heavy atom. The zero-order valence-electron chi connectivity index (χ0n) is 6.93. The van der Waals surface area contributed by atoms with Gasteiger partial charge < -0.3 is 10.4 Å². The molecule has 1 aromatic rings. The number of nitrogens with one attached hydrogen (secondary N) is 1. The number of aliphatic hydroxyl groups is 1. The predicted octanol–water partition coefficient (Wildman–Crippen LogP) is 0.580. The van der Waals surface area contributed by atoms with Gasteiger partial charge in [-0.05, 0) is 6.07 Å². The zero-order valence-corrected chi connectivity index (χ0v) is 6.93. The number of fused-ring (bicyclic) bond motifs is 1. The van der Waals surface area contributed by atoms with Gasteiger partial charge in [-0.1, -0.05) is 0 Å². The van der Waals surface area contributed by atoms with Crippen LogP contribution in [0.5, 0.6) is 0 Å². The molecule has 0 aromatic heterocycles. The topological polar surface area (TPSA) is 92.5 Å². The molecule has 1 heterocycles. The molecule has 0 saturated carbocycles. The molecule has 0 fully saturated rings. The van der Waals surface area contributed by atoms with Crippen molar-refractivity contribution in [2.45, 2.75) is 6.10 Å². The highest BCUT2D eigenvalue weighted by Gasteiger charge is 2.29. The van der Waals surface area contributed by atoms with Crippen molar-refractivity contribution in [3.05, 3.63) is 33.9 Å². The van der Waals surface area contributed by atoms with Crippen LogP contribution in [-0.4, -0.2) is 15.9 Å². The molecule has 6 heteroatoms. The summed E-state index contributed by atoms with van der Waals surface area (Å²) in [6.07, 6.45) is -1.30. The molecule has 2 rings (SSSR count).